The van der Waals surface area contributed by atoms with Gasteiger partial charge in [0.1, 0.15) is 6.26 Å². The van der Waals surface area contributed by atoms with Crippen molar-refractivity contribution in [1.29, 1.82) is 0 Å². The Kier molecular flexibility index (Phi) is 4.93. The van der Waals surface area contributed by atoms with Crippen LogP contribution in [0.25, 0.3) is 0 Å². The number of likely N-dealkylation sites (tertiary alicyclic amines) is 1. The number of nitrogens with zero attached hydrogens (tertiary/aromatic N) is 1. The zero-order valence-electron chi connectivity index (χ0n) is 14.6. The molecule has 2 saturated carbocycles. The van der Waals surface area contributed by atoms with Crippen LogP contribution in [0.1, 0.15) is 68.1 Å². The van der Waals surface area contributed by atoms with Crippen molar-refractivity contribution in [2.45, 2.75) is 69.9 Å². The number of piperidine rings is 1. The van der Waals surface area contributed by atoms with Crippen LogP contribution >= 0.6 is 0 Å². The Labute approximate surface area is 145 Å². The van der Waals surface area contributed by atoms with Gasteiger partial charge in [0.05, 0.1) is 11.8 Å². The lowest BCUT2D eigenvalue weighted by Crippen LogP contribution is -2.50. The molecule has 24 heavy (non-hydrogen) atoms. The molecule has 2 heterocycles. The van der Waals surface area contributed by atoms with Gasteiger partial charge in [0, 0.05) is 25.2 Å². The van der Waals surface area contributed by atoms with Crippen molar-refractivity contribution in [1.82, 2.24) is 10.2 Å². The maximum absolute atomic E-state index is 12.4. The maximum atomic E-state index is 12.4. The third kappa shape index (κ3) is 3.69. The molecule has 3 fully saturated rings. The first-order valence-corrected chi connectivity index (χ1v) is 9.89. The molecule has 1 aromatic rings. The van der Waals surface area contributed by atoms with E-state index in [4.69, 9.17) is 4.42 Å². The smallest absolute Gasteiger partial charge is 0.257 e. The molecule has 1 atom stereocenters. The van der Waals surface area contributed by atoms with E-state index < -0.39 is 0 Å². The topological polar surface area (TPSA) is 45.5 Å². The molecule has 0 radical (unpaired) electrons. The standard InChI is InChI=1S/C20H30N2O2/c23-20(17-10-13-24-14-17)22-11-8-18(9-12-22)21-19(16-6-7-16)15-4-2-1-3-5-15/h10,13-16,18-19,21H,1-9,11-12H2/t19-/m1/s1. The first kappa shape index (κ1) is 16.2. The zero-order valence-corrected chi connectivity index (χ0v) is 14.6. The van der Waals surface area contributed by atoms with Gasteiger partial charge in [-0.3, -0.25) is 4.79 Å². The maximum Gasteiger partial charge on any atom is 0.257 e. The molecule has 0 bridgehead atoms. The van der Waals surface area contributed by atoms with Crippen LogP contribution in [0.3, 0.4) is 0 Å². The number of rotatable bonds is 5. The van der Waals surface area contributed by atoms with Crippen molar-refractivity contribution < 1.29 is 9.21 Å². The van der Waals surface area contributed by atoms with Crippen molar-refractivity contribution in [2.75, 3.05) is 13.1 Å². The fraction of sp³-hybridized carbons (Fsp3) is 0.750. The van der Waals surface area contributed by atoms with Gasteiger partial charge in [-0.05, 0) is 56.4 Å². The molecular weight excluding hydrogens is 300 g/mol. The number of hydrogen-bond donors (Lipinski definition) is 1. The first-order valence-electron chi connectivity index (χ1n) is 9.89. The summed E-state index contributed by atoms with van der Waals surface area (Å²) in [5.74, 6) is 1.95. The summed E-state index contributed by atoms with van der Waals surface area (Å²) in [7, 11) is 0. The second-order valence-corrected chi connectivity index (χ2v) is 8.01. The van der Waals surface area contributed by atoms with Crippen molar-refractivity contribution in [3.05, 3.63) is 24.2 Å². The van der Waals surface area contributed by atoms with Gasteiger partial charge in [0.2, 0.25) is 0 Å². The summed E-state index contributed by atoms with van der Waals surface area (Å²) in [4.78, 5) is 14.4. The average molecular weight is 330 g/mol. The summed E-state index contributed by atoms with van der Waals surface area (Å²) in [5, 5.41) is 4.03. The van der Waals surface area contributed by atoms with Gasteiger partial charge in [0.25, 0.3) is 5.91 Å². The predicted molar refractivity (Wildman–Crippen MR) is 93.9 cm³/mol. The molecule has 4 nitrogen and oxygen atoms in total. The average Bonchev–Trinajstić information content (AvgIpc) is 3.33. The van der Waals surface area contributed by atoms with E-state index in [1.54, 1.807) is 18.6 Å². The van der Waals surface area contributed by atoms with Gasteiger partial charge in [-0.15, -0.1) is 0 Å². The first-order chi connectivity index (χ1) is 11.8. The van der Waals surface area contributed by atoms with Gasteiger partial charge in [0.15, 0.2) is 0 Å². The minimum Gasteiger partial charge on any atom is -0.472 e. The minimum absolute atomic E-state index is 0.119. The summed E-state index contributed by atoms with van der Waals surface area (Å²) in [6.07, 6.45) is 15.3. The SMILES string of the molecule is O=C(c1ccoc1)N1CCC(N[C@H](C2CCCCC2)C2CC2)CC1. The van der Waals surface area contributed by atoms with Crippen LogP contribution in [0.2, 0.25) is 0 Å². The summed E-state index contributed by atoms with van der Waals surface area (Å²) in [5.41, 5.74) is 0.680. The molecule has 3 aliphatic rings. The Hall–Kier alpha value is -1.29. The van der Waals surface area contributed by atoms with Crippen LogP contribution in [0, 0.1) is 11.8 Å². The Morgan fingerprint density at radius 3 is 2.38 bits per heavy atom. The monoisotopic (exact) mass is 330 g/mol. The van der Waals surface area contributed by atoms with E-state index in [1.165, 1.54) is 44.9 Å². The molecular formula is C20H30N2O2. The van der Waals surface area contributed by atoms with Crippen LogP contribution in [-0.4, -0.2) is 36.0 Å². The van der Waals surface area contributed by atoms with Crippen LogP contribution in [-0.2, 0) is 0 Å². The van der Waals surface area contributed by atoms with Gasteiger partial charge >= 0.3 is 0 Å². The van der Waals surface area contributed by atoms with Crippen LogP contribution < -0.4 is 5.32 Å². The third-order valence-electron chi connectivity index (χ3n) is 6.27. The van der Waals surface area contributed by atoms with E-state index >= 15 is 0 Å². The highest BCUT2D eigenvalue weighted by atomic mass is 16.3. The largest absolute Gasteiger partial charge is 0.472 e. The Morgan fingerprint density at radius 1 is 1.04 bits per heavy atom. The highest BCUT2D eigenvalue weighted by Crippen LogP contribution is 2.40. The summed E-state index contributed by atoms with van der Waals surface area (Å²) >= 11 is 0. The second-order valence-electron chi connectivity index (χ2n) is 8.01. The van der Waals surface area contributed by atoms with Crippen molar-refractivity contribution in [3.8, 4) is 0 Å². The number of furan rings is 1. The Balaban J connectivity index is 1.29. The molecule has 4 rings (SSSR count). The van der Waals surface area contributed by atoms with Crippen molar-refractivity contribution >= 4 is 5.91 Å². The fourth-order valence-corrected chi connectivity index (χ4v) is 4.70. The molecule has 0 spiro atoms. The lowest BCUT2D eigenvalue weighted by molar-refractivity contribution is 0.0693. The van der Waals surface area contributed by atoms with E-state index in [9.17, 15) is 4.79 Å². The minimum atomic E-state index is 0.119. The summed E-state index contributed by atoms with van der Waals surface area (Å²) < 4.78 is 5.04. The fourth-order valence-electron chi connectivity index (χ4n) is 4.70. The van der Waals surface area contributed by atoms with Gasteiger partial charge in [-0.25, -0.2) is 0 Å². The number of amides is 1. The molecule has 1 aromatic heterocycles. The summed E-state index contributed by atoms with van der Waals surface area (Å²) in [6.45, 7) is 1.73. The van der Waals surface area contributed by atoms with Crippen molar-refractivity contribution in [3.63, 3.8) is 0 Å². The van der Waals surface area contributed by atoms with E-state index in [2.05, 4.69) is 5.32 Å². The quantitative estimate of drug-likeness (QED) is 0.892. The third-order valence-corrected chi connectivity index (χ3v) is 6.27. The highest BCUT2D eigenvalue weighted by Gasteiger charge is 2.38. The zero-order chi connectivity index (χ0) is 16.4. The van der Waals surface area contributed by atoms with Crippen LogP contribution in [0.5, 0.6) is 0 Å². The molecule has 132 valence electrons. The van der Waals surface area contributed by atoms with Gasteiger partial charge < -0.3 is 14.6 Å². The number of nitrogens with one attached hydrogen (secondary N) is 1. The second kappa shape index (κ2) is 7.30. The van der Waals surface area contributed by atoms with Crippen molar-refractivity contribution in [2.24, 2.45) is 11.8 Å². The van der Waals surface area contributed by atoms with E-state index in [0.717, 1.165) is 43.8 Å². The summed E-state index contributed by atoms with van der Waals surface area (Å²) in [6, 6.07) is 3.09. The molecule has 2 aliphatic carbocycles. The molecule has 1 saturated heterocycles. The van der Waals surface area contributed by atoms with Gasteiger partial charge in [-0.2, -0.15) is 0 Å². The predicted octanol–water partition coefficient (Wildman–Crippen LogP) is 3.83. The lowest BCUT2D eigenvalue weighted by atomic mass is 9.81. The number of carbonyl (C=O) groups is 1. The molecule has 4 heteroatoms. The molecule has 1 aliphatic heterocycles. The lowest BCUT2D eigenvalue weighted by Gasteiger charge is -2.38. The molecule has 1 amide bonds. The highest BCUT2D eigenvalue weighted by molar-refractivity contribution is 5.93. The number of hydrogen-bond acceptors (Lipinski definition) is 3. The van der Waals surface area contributed by atoms with E-state index in [0.29, 0.717) is 11.6 Å². The Morgan fingerprint density at radius 2 is 1.75 bits per heavy atom. The van der Waals surface area contributed by atoms with Crippen LogP contribution in [0.15, 0.2) is 23.0 Å². The normalized spacial score (nSPS) is 24.9. The van der Waals surface area contributed by atoms with Gasteiger partial charge in [-0.1, -0.05) is 19.3 Å². The molecule has 1 N–H and O–H groups in total. The van der Waals surface area contributed by atoms with Crippen LogP contribution in [0.4, 0.5) is 0 Å². The molecule has 0 unspecified atom stereocenters. The molecule has 0 aromatic carbocycles. The Bertz CT molecular complexity index is 524. The number of carbonyl (C=O) groups excluding carboxylic acids is 1. The van der Waals surface area contributed by atoms with E-state index in [1.807, 2.05) is 4.90 Å². The van der Waals surface area contributed by atoms with E-state index in [-0.39, 0.29) is 5.91 Å².